The maximum Gasteiger partial charge on any atom is 0.245 e. The van der Waals surface area contributed by atoms with Crippen LogP contribution in [0.25, 0.3) is 0 Å². The highest BCUT2D eigenvalue weighted by molar-refractivity contribution is 5.96. The molecular formula is C34H51N11O8. The van der Waals surface area contributed by atoms with Crippen LogP contribution < -0.4 is 43.4 Å². The second-order valence-electron chi connectivity index (χ2n) is 13.0. The Hall–Kier alpha value is -5.59. The number of nitrogens with one attached hydrogen (secondary N) is 7. The minimum absolute atomic E-state index is 0.146. The highest BCUT2D eigenvalue weighted by atomic mass is 16.2. The van der Waals surface area contributed by atoms with Gasteiger partial charge in [-0.3, -0.25) is 43.8 Å². The van der Waals surface area contributed by atoms with Crippen molar-refractivity contribution in [2.24, 2.45) is 11.5 Å². The van der Waals surface area contributed by atoms with Crippen molar-refractivity contribution < 1.29 is 38.4 Å². The number of likely N-dealkylation sites (tertiary alicyclic amines) is 2. The Morgan fingerprint density at radius 1 is 0.755 bits per heavy atom. The fourth-order valence-electron chi connectivity index (χ4n) is 6.08. The summed E-state index contributed by atoms with van der Waals surface area (Å²) in [5.41, 5.74) is 12.5. The summed E-state index contributed by atoms with van der Waals surface area (Å²) in [6.45, 7) is 0.600. The maximum absolute atomic E-state index is 13.9. The van der Waals surface area contributed by atoms with Gasteiger partial charge in [0.05, 0.1) is 32.2 Å². The first-order valence-corrected chi connectivity index (χ1v) is 17.6. The number of hydrogen-bond acceptors (Lipinski definition) is 10. The van der Waals surface area contributed by atoms with E-state index in [1.165, 1.54) is 16.7 Å². The van der Waals surface area contributed by atoms with Gasteiger partial charge in [-0.25, -0.2) is 0 Å². The van der Waals surface area contributed by atoms with Gasteiger partial charge >= 0.3 is 0 Å². The topological polar surface area (TPSA) is 291 Å². The average molecular weight is 742 g/mol. The Balaban J connectivity index is 1.57. The van der Waals surface area contributed by atoms with Gasteiger partial charge in [0.2, 0.25) is 41.4 Å². The molecule has 7 amide bonds. The summed E-state index contributed by atoms with van der Waals surface area (Å²) >= 11 is 0. The number of ketones is 1. The molecule has 19 nitrogen and oxygen atoms in total. The first-order chi connectivity index (χ1) is 25.3. The molecule has 2 fully saturated rings. The second kappa shape index (κ2) is 21.1. The number of benzene rings is 1. The Morgan fingerprint density at radius 2 is 1.28 bits per heavy atom. The van der Waals surface area contributed by atoms with E-state index in [0.29, 0.717) is 45.1 Å². The summed E-state index contributed by atoms with van der Waals surface area (Å²) < 4.78 is 0. The molecule has 2 aliphatic rings. The lowest BCUT2D eigenvalue weighted by Crippen LogP contribution is -2.57. The molecule has 2 aliphatic heterocycles. The molecule has 19 heteroatoms. The number of guanidine groups is 1. The molecule has 2 heterocycles. The van der Waals surface area contributed by atoms with Gasteiger partial charge in [-0.05, 0) is 57.4 Å². The van der Waals surface area contributed by atoms with Crippen LogP contribution in [0.15, 0.2) is 30.3 Å². The Morgan fingerprint density at radius 3 is 1.85 bits per heavy atom. The van der Waals surface area contributed by atoms with Gasteiger partial charge < -0.3 is 53.2 Å². The SMILES string of the molecule is CC(=O)CNC(=O)CNC(=O)CNC(=O)CNC(=O)C1CCCN1C(=O)C(CCCNC(=N)N)NC(=O)C1CCCN1C(=O)C(N)Cc1ccccc1. The molecule has 0 aliphatic carbocycles. The van der Waals surface area contributed by atoms with Gasteiger partial charge in [-0.1, -0.05) is 30.3 Å². The number of nitrogens with zero attached hydrogens (tertiary/aromatic N) is 2. The maximum atomic E-state index is 13.9. The van der Waals surface area contributed by atoms with Crippen molar-refractivity contribution in [2.75, 3.05) is 45.8 Å². The van der Waals surface area contributed by atoms with Crippen LogP contribution in [0, 0.1) is 5.41 Å². The molecule has 4 atom stereocenters. The fraction of sp³-hybridized carbons (Fsp3) is 0.559. The van der Waals surface area contributed by atoms with E-state index in [9.17, 15) is 38.4 Å². The third kappa shape index (κ3) is 13.8. The number of amides is 7. The highest BCUT2D eigenvalue weighted by Gasteiger charge is 2.41. The third-order valence-corrected chi connectivity index (χ3v) is 8.74. The molecule has 0 radical (unpaired) electrons. The second-order valence-corrected chi connectivity index (χ2v) is 13.0. The molecule has 2 saturated heterocycles. The summed E-state index contributed by atoms with van der Waals surface area (Å²) in [7, 11) is 0. The summed E-state index contributed by atoms with van der Waals surface area (Å²) in [5, 5.41) is 22.3. The first-order valence-electron chi connectivity index (χ1n) is 17.6. The third-order valence-electron chi connectivity index (χ3n) is 8.74. The molecule has 0 aromatic heterocycles. The lowest BCUT2D eigenvalue weighted by atomic mass is 10.0. The molecular weight excluding hydrogens is 690 g/mol. The van der Waals surface area contributed by atoms with Gasteiger partial charge in [-0.15, -0.1) is 0 Å². The summed E-state index contributed by atoms with van der Waals surface area (Å²) in [6, 6.07) is 5.61. The number of rotatable bonds is 19. The number of hydrogen-bond donors (Lipinski definition) is 9. The van der Waals surface area contributed by atoms with Crippen LogP contribution in [0.4, 0.5) is 0 Å². The predicted octanol–water partition coefficient (Wildman–Crippen LogP) is -3.66. The van der Waals surface area contributed by atoms with Crippen LogP contribution >= 0.6 is 0 Å². The summed E-state index contributed by atoms with van der Waals surface area (Å²) in [6.07, 6.45) is 2.55. The molecule has 0 spiro atoms. The largest absolute Gasteiger partial charge is 0.370 e. The van der Waals surface area contributed by atoms with E-state index < -0.39 is 72.7 Å². The van der Waals surface area contributed by atoms with Crippen molar-refractivity contribution in [3.05, 3.63) is 35.9 Å². The Kier molecular flexibility index (Phi) is 16.6. The lowest BCUT2D eigenvalue weighted by molar-refractivity contribution is -0.143. The van der Waals surface area contributed by atoms with Crippen molar-refractivity contribution in [2.45, 2.75) is 76.0 Å². The lowest BCUT2D eigenvalue weighted by Gasteiger charge is -2.31. The molecule has 0 saturated carbocycles. The first kappa shape index (κ1) is 41.8. The van der Waals surface area contributed by atoms with Gasteiger partial charge in [0, 0.05) is 19.6 Å². The molecule has 0 bridgehead atoms. The van der Waals surface area contributed by atoms with Crippen LogP contribution in [-0.2, 0) is 44.8 Å². The standard InChI is InChI=1S/C34H51N11O8/c1-21(46)17-39-27(47)18-40-28(48)19-41-29(49)20-42-30(50)25-11-6-15-45(25)33(53)24(10-5-13-38-34(36)37)43-31(51)26-12-7-14-44(26)32(52)23(35)16-22-8-3-2-4-9-22/h2-4,8-9,23-26H,5-7,10-20,35H2,1H3,(H,39,47)(H,40,48)(H,41,49)(H,42,50)(H,43,51)(H4,36,37,38). The van der Waals surface area contributed by atoms with Gasteiger partial charge in [-0.2, -0.15) is 0 Å². The van der Waals surface area contributed by atoms with Gasteiger partial charge in [0.15, 0.2) is 5.96 Å². The van der Waals surface area contributed by atoms with Crippen LogP contribution in [-0.4, -0.2) is 133 Å². The monoisotopic (exact) mass is 741 g/mol. The van der Waals surface area contributed by atoms with E-state index in [2.05, 4.69) is 31.9 Å². The normalized spacial score (nSPS) is 17.5. The number of nitrogens with two attached hydrogens (primary N) is 2. The molecule has 1 aromatic carbocycles. The minimum Gasteiger partial charge on any atom is -0.370 e. The van der Waals surface area contributed by atoms with Crippen molar-refractivity contribution in [1.82, 2.24) is 41.7 Å². The quantitative estimate of drug-likeness (QED) is 0.0378. The van der Waals surface area contributed by atoms with Crippen LogP contribution in [0.1, 0.15) is 51.0 Å². The molecule has 290 valence electrons. The van der Waals surface area contributed by atoms with Crippen molar-refractivity contribution in [3.63, 3.8) is 0 Å². The fourth-order valence-corrected chi connectivity index (χ4v) is 6.08. The molecule has 3 rings (SSSR count). The molecule has 53 heavy (non-hydrogen) atoms. The molecule has 4 unspecified atom stereocenters. The zero-order valence-corrected chi connectivity index (χ0v) is 29.9. The Labute approximate surface area is 307 Å². The van der Waals surface area contributed by atoms with Crippen molar-refractivity contribution >= 4 is 53.1 Å². The number of carbonyl (C=O) groups excluding carboxylic acids is 8. The van der Waals surface area contributed by atoms with E-state index in [1.54, 1.807) is 0 Å². The van der Waals surface area contributed by atoms with Crippen molar-refractivity contribution in [3.8, 4) is 0 Å². The summed E-state index contributed by atoms with van der Waals surface area (Å²) in [5.74, 6) is -4.42. The number of Topliss-reactive ketones (excluding diaryl/α,β-unsaturated/α-hetero) is 1. The number of carbonyl (C=O) groups is 8. The van der Waals surface area contributed by atoms with Crippen molar-refractivity contribution in [1.29, 1.82) is 5.41 Å². The smallest absolute Gasteiger partial charge is 0.245 e. The average Bonchev–Trinajstić information content (AvgIpc) is 3.83. The van der Waals surface area contributed by atoms with E-state index in [4.69, 9.17) is 16.9 Å². The van der Waals surface area contributed by atoms with Crippen LogP contribution in [0.5, 0.6) is 0 Å². The van der Waals surface area contributed by atoms with Crippen LogP contribution in [0.3, 0.4) is 0 Å². The Bertz CT molecular complexity index is 1510. The van der Waals surface area contributed by atoms with Gasteiger partial charge in [0.1, 0.15) is 23.9 Å². The van der Waals surface area contributed by atoms with E-state index in [1.807, 2.05) is 30.3 Å². The van der Waals surface area contributed by atoms with Gasteiger partial charge in [0.25, 0.3) is 0 Å². The van der Waals surface area contributed by atoms with Crippen LogP contribution in [0.2, 0.25) is 0 Å². The zero-order valence-electron chi connectivity index (χ0n) is 29.9. The van der Waals surface area contributed by atoms with E-state index in [-0.39, 0.29) is 50.2 Å². The van der Waals surface area contributed by atoms with E-state index in [0.717, 1.165) is 5.56 Å². The minimum atomic E-state index is -1.06. The highest BCUT2D eigenvalue weighted by Crippen LogP contribution is 2.22. The predicted molar refractivity (Wildman–Crippen MR) is 191 cm³/mol. The summed E-state index contributed by atoms with van der Waals surface area (Å²) in [4.78, 5) is 104. The zero-order chi connectivity index (χ0) is 38.9. The van der Waals surface area contributed by atoms with E-state index >= 15 is 0 Å². The molecule has 11 N–H and O–H groups in total. The molecule has 1 aromatic rings.